The number of halogens is 2. The average Bonchev–Trinajstić information content (AvgIpc) is 2.85. The van der Waals surface area contributed by atoms with Crippen molar-refractivity contribution in [2.24, 2.45) is 0 Å². The summed E-state index contributed by atoms with van der Waals surface area (Å²) in [5.41, 5.74) is 3.13. The van der Waals surface area contributed by atoms with E-state index < -0.39 is 0 Å². The molecule has 1 aromatic carbocycles. The fourth-order valence-electron chi connectivity index (χ4n) is 2.54. The van der Waals surface area contributed by atoms with Crippen molar-refractivity contribution in [3.63, 3.8) is 0 Å². The molecule has 0 amide bonds. The third kappa shape index (κ3) is 2.74. The van der Waals surface area contributed by atoms with Crippen LogP contribution in [0.4, 0.5) is 0 Å². The smallest absolute Gasteiger partial charge is 0.331 e. The van der Waals surface area contributed by atoms with Crippen molar-refractivity contribution in [1.82, 2.24) is 14.9 Å². The third-order valence-corrected chi connectivity index (χ3v) is 4.00. The molecule has 3 rings (SSSR count). The van der Waals surface area contributed by atoms with E-state index in [-0.39, 0.29) is 17.8 Å². The van der Waals surface area contributed by atoms with E-state index in [1.54, 1.807) is 15.5 Å². The van der Waals surface area contributed by atoms with Crippen LogP contribution in [-0.4, -0.2) is 14.9 Å². The summed E-state index contributed by atoms with van der Waals surface area (Å²) < 4.78 is 3.34. The maximum Gasteiger partial charge on any atom is 0.331 e. The molecule has 0 saturated carbocycles. The van der Waals surface area contributed by atoms with Gasteiger partial charge in [0.15, 0.2) is 0 Å². The number of aromatic nitrogens is 4. The van der Waals surface area contributed by atoms with Gasteiger partial charge in [0, 0.05) is 26.9 Å². The Labute approximate surface area is 138 Å². The average molecular weight is 339 g/mol. The minimum atomic E-state index is 0. The van der Waals surface area contributed by atoms with Crippen LogP contribution >= 0.6 is 11.6 Å². The van der Waals surface area contributed by atoms with Crippen LogP contribution in [0.2, 0.25) is 5.02 Å². The number of nitrogens with one attached hydrogen (secondary N) is 1. The highest BCUT2D eigenvalue weighted by atomic mass is 35.5. The highest BCUT2D eigenvalue weighted by Gasteiger charge is 2.20. The minimum absolute atomic E-state index is 0. The number of hydrogen-bond donors (Lipinski definition) is 1. The number of aryl methyl sites for hydroxylation is 1. The summed E-state index contributed by atoms with van der Waals surface area (Å²) in [7, 11) is 0. The molecule has 0 radical (unpaired) electrons. The van der Waals surface area contributed by atoms with E-state index in [0.717, 1.165) is 16.8 Å². The van der Waals surface area contributed by atoms with Crippen LogP contribution in [0.15, 0.2) is 35.4 Å². The lowest BCUT2D eigenvalue weighted by molar-refractivity contribution is -0.582. The topological polar surface area (TPSA) is 54.8 Å². The van der Waals surface area contributed by atoms with Crippen molar-refractivity contribution < 1.29 is 16.9 Å². The van der Waals surface area contributed by atoms with E-state index >= 15 is 0 Å². The van der Waals surface area contributed by atoms with E-state index in [2.05, 4.69) is 10.2 Å². The highest BCUT2D eigenvalue weighted by molar-refractivity contribution is 6.31. The summed E-state index contributed by atoms with van der Waals surface area (Å²) in [5.74, 6) is 0. The number of H-pyrrole nitrogens is 1. The first kappa shape index (κ1) is 16.5. The number of benzene rings is 1. The van der Waals surface area contributed by atoms with Gasteiger partial charge in [-0.1, -0.05) is 41.4 Å². The predicted octanol–water partition coefficient (Wildman–Crippen LogP) is -1.11. The van der Waals surface area contributed by atoms with Gasteiger partial charge in [-0.25, -0.2) is 5.10 Å². The molecule has 0 atom stereocenters. The van der Waals surface area contributed by atoms with Crippen molar-refractivity contribution in [2.75, 3.05) is 0 Å². The van der Waals surface area contributed by atoms with Gasteiger partial charge in [-0.15, -0.1) is 4.52 Å². The Kier molecular flexibility index (Phi) is 4.88. The molecule has 0 unspecified atom stereocenters. The summed E-state index contributed by atoms with van der Waals surface area (Å²) in [6, 6.07) is 7.57. The van der Waals surface area contributed by atoms with Gasteiger partial charge in [-0.2, -0.15) is 0 Å². The summed E-state index contributed by atoms with van der Waals surface area (Å²) in [6.07, 6.45) is 2.30. The lowest BCUT2D eigenvalue weighted by Gasteiger charge is -2.02. The Morgan fingerprint density at radius 3 is 2.77 bits per heavy atom. The second-order valence-corrected chi connectivity index (χ2v) is 5.38. The van der Waals surface area contributed by atoms with Gasteiger partial charge in [0.05, 0.1) is 0 Å². The Morgan fingerprint density at radius 1 is 1.36 bits per heavy atom. The van der Waals surface area contributed by atoms with E-state index in [1.807, 2.05) is 38.1 Å². The van der Waals surface area contributed by atoms with Crippen LogP contribution < -0.4 is 22.4 Å². The predicted molar refractivity (Wildman–Crippen MR) is 80.7 cm³/mol. The summed E-state index contributed by atoms with van der Waals surface area (Å²) in [5, 5.41) is 8.14. The lowest BCUT2D eigenvalue weighted by Crippen LogP contribution is -3.00. The van der Waals surface area contributed by atoms with Crippen molar-refractivity contribution in [2.45, 2.75) is 26.8 Å². The van der Waals surface area contributed by atoms with Crippen LogP contribution in [0.3, 0.4) is 0 Å². The maximum absolute atomic E-state index is 12.6. The van der Waals surface area contributed by atoms with Crippen LogP contribution in [-0.2, 0) is 13.0 Å². The molecular weight excluding hydrogens is 323 g/mol. The van der Waals surface area contributed by atoms with Crippen molar-refractivity contribution in [1.29, 1.82) is 0 Å². The van der Waals surface area contributed by atoms with E-state index in [9.17, 15) is 4.79 Å². The second kappa shape index (κ2) is 6.50. The molecule has 0 saturated heterocycles. The molecule has 2 aromatic heterocycles. The molecule has 0 fully saturated rings. The molecule has 7 heteroatoms. The second-order valence-electron chi connectivity index (χ2n) is 4.97. The zero-order valence-electron chi connectivity index (χ0n) is 12.3. The largest absolute Gasteiger partial charge is 1.00 e. The first-order valence-electron chi connectivity index (χ1n) is 6.84. The van der Waals surface area contributed by atoms with E-state index in [0.29, 0.717) is 23.6 Å². The summed E-state index contributed by atoms with van der Waals surface area (Å²) >= 11 is 6.18. The molecule has 3 aromatic rings. The van der Waals surface area contributed by atoms with Gasteiger partial charge in [0.2, 0.25) is 0 Å². The van der Waals surface area contributed by atoms with Gasteiger partial charge in [-0.3, -0.25) is 4.79 Å². The zero-order valence-corrected chi connectivity index (χ0v) is 13.8. The molecule has 5 nitrogen and oxygen atoms in total. The van der Waals surface area contributed by atoms with E-state index in [4.69, 9.17) is 11.6 Å². The maximum atomic E-state index is 12.6. The van der Waals surface area contributed by atoms with Crippen LogP contribution in [0.25, 0.3) is 5.65 Å². The number of aromatic amines is 1. The molecule has 2 heterocycles. The SMILES string of the molecule is CCc1c(C)[nH][n+]2cnn(Cc3ccccc3Cl)c2c1=O.[Cl-]. The fraction of sp³-hybridized carbons (Fsp3) is 0.267. The molecule has 116 valence electrons. The number of nitrogens with zero attached hydrogens (tertiary/aromatic N) is 3. The first-order chi connectivity index (χ1) is 10.1. The Morgan fingerprint density at radius 2 is 2.09 bits per heavy atom. The van der Waals surface area contributed by atoms with E-state index in [1.165, 1.54) is 0 Å². The normalized spacial score (nSPS) is 10.7. The lowest BCUT2D eigenvalue weighted by atomic mass is 10.1. The van der Waals surface area contributed by atoms with Crippen molar-refractivity contribution in [3.8, 4) is 0 Å². The van der Waals surface area contributed by atoms with Gasteiger partial charge < -0.3 is 12.4 Å². The number of rotatable bonds is 3. The first-order valence-corrected chi connectivity index (χ1v) is 7.22. The van der Waals surface area contributed by atoms with Gasteiger partial charge in [0.25, 0.3) is 11.8 Å². The van der Waals surface area contributed by atoms with Crippen LogP contribution in [0.1, 0.15) is 23.7 Å². The van der Waals surface area contributed by atoms with Crippen molar-refractivity contribution in [3.05, 3.63) is 62.7 Å². The zero-order chi connectivity index (χ0) is 15.0. The van der Waals surface area contributed by atoms with Gasteiger partial charge in [-0.05, 0) is 19.4 Å². The van der Waals surface area contributed by atoms with Gasteiger partial charge in [0.1, 0.15) is 6.54 Å². The Bertz CT molecular complexity index is 870. The van der Waals surface area contributed by atoms with Crippen LogP contribution in [0.5, 0.6) is 0 Å². The number of hydrogen-bond acceptors (Lipinski definition) is 2. The molecular formula is C15H16Cl2N4O. The van der Waals surface area contributed by atoms with Crippen molar-refractivity contribution >= 4 is 17.2 Å². The molecule has 0 aliphatic carbocycles. The Balaban J connectivity index is 0.00000176. The molecule has 22 heavy (non-hydrogen) atoms. The third-order valence-electron chi connectivity index (χ3n) is 3.63. The standard InChI is InChI=1S/C15H15ClN4O.ClH/c1-3-12-10(2)18-20-9-17-19(15(20)14(12)21)8-11-6-4-5-7-13(11)16;/h4-7,9H,3,8H2,1-2H3;1H. The quantitative estimate of drug-likeness (QED) is 0.615. The van der Waals surface area contributed by atoms with Crippen LogP contribution in [0, 0.1) is 6.92 Å². The monoisotopic (exact) mass is 338 g/mol. The minimum Gasteiger partial charge on any atom is -1.00 e. The Hall–Kier alpha value is -1.85. The molecule has 1 N–H and O–H groups in total. The summed E-state index contributed by atoms with van der Waals surface area (Å²) in [4.78, 5) is 12.6. The molecule has 0 aliphatic heterocycles. The molecule has 0 bridgehead atoms. The summed E-state index contributed by atoms with van der Waals surface area (Å²) in [6.45, 7) is 4.34. The highest BCUT2D eigenvalue weighted by Crippen LogP contribution is 2.16. The van der Waals surface area contributed by atoms with Gasteiger partial charge >= 0.3 is 5.65 Å². The fourth-order valence-corrected chi connectivity index (χ4v) is 2.73. The molecule has 0 spiro atoms. The molecule has 0 aliphatic rings. The number of fused-ring (bicyclic) bond motifs is 1.